The molecule has 0 aromatic heterocycles. The SMILES string of the molecule is CN(C1=C(Cl)C(=O)N(c2ccc(Cl)c(Cl)c2)C1=O)C1CCCCC1. The van der Waals surface area contributed by atoms with Gasteiger partial charge in [0.05, 0.1) is 15.7 Å². The lowest BCUT2D eigenvalue weighted by Crippen LogP contribution is -2.38. The van der Waals surface area contributed by atoms with Crippen molar-refractivity contribution >= 4 is 52.3 Å². The highest BCUT2D eigenvalue weighted by Gasteiger charge is 2.42. The molecule has 4 nitrogen and oxygen atoms in total. The standard InChI is InChI=1S/C17H17Cl3N2O2/c1-21(10-5-3-2-4-6-10)15-14(20)16(23)22(17(15)24)11-7-8-12(18)13(19)9-11/h7-10H,2-6H2,1H3. The van der Waals surface area contributed by atoms with Crippen LogP contribution in [0, 0.1) is 0 Å². The van der Waals surface area contributed by atoms with Gasteiger partial charge >= 0.3 is 0 Å². The molecule has 2 amide bonds. The molecule has 1 fully saturated rings. The molecule has 0 bridgehead atoms. The lowest BCUT2D eigenvalue weighted by molar-refractivity contribution is -0.121. The maximum atomic E-state index is 12.9. The molecule has 1 aromatic rings. The van der Waals surface area contributed by atoms with Crippen LogP contribution in [0.15, 0.2) is 28.9 Å². The molecule has 1 aliphatic carbocycles. The molecule has 128 valence electrons. The van der Waals surface area contributed by atoms with Gasteiger partial charge in [-0.15, -0.1) is 0 Å². The summed E-state index contributed by atoms with van der Waals surface area (Å²) in [6.07, 6.45) is 5.45. The van der Waals surface area contributed by atoms with Gasteiger partial charge < -0.3 is 4.90 Å². The third kappa shape index (κ3) is 3.03. The fourth-order valence-corrected chi connectivity index (χ4v) is 3.90. The minimum Gasteiger partial charge on any atom is -0.366 e. The summed E-state index contributed by atoms with van der Waals surface area (Å²) in [4.78, 5) is 28.3. The Morgan fingerprint density at radius 2 is 1.67 bits per heavy atom. The summed E-state index contributed by atoms with van der Waals surface area (Å²) in [7, 11) is 1.83. The topological polar surface area (TPSA) is 40.6 Å². The molecule has 0 N–H and O–H groups in total. The van der Waals surface area contributed by atoms with Gasteiger partial charge in [0.1, 0.15) is 10.7 Å². The van der Waals surface area contributed by atoms with E-state index >= 15 is 0 Å². The number of hydrogen-bond donors (Lipinski definition) is 0. The van der Waals surface area contributed by atoms with E-state index in [-0.39, 0.29) is 21.8 Å². The Bertz CT molecular complexity index is 727. The number of imide groups is 1. The van der Waals surface area contributed by atoms with Gasteiger partial charge in [0.2, 0.25) is 0 Å². The van der Waals surface area contributed by atoms with E-state index in [2.05, 4.69) is 0 Å². The van der Waals surface area contributed by atoms with Crippen molar-refractivity contribution in [3.8, 4) is 0 Å². The smallest absolute Gasteiger partial charge is 0.283 e. The van der Waals surface area contributed by atoms with Crippen LogP contribution >= 0.6 is 34.8 Å². The fraction of sp³-hybridized carbons (Fsp3) is 0.412. The average Bonchev–Trinajstić information content (AvgIpc) is 2.80. The van der Waals surface area contributed by atoms with Gasteiger partial charge in [-0.2, -0.15) is 0 Å². The van der Waals surface area contributed by atoms with E-state index in [1.807, 2.05) is 11.9 Å². The quantitative estimate of drug-likeness (QED) is 0.713. The van der Waals surface area contributed by atoms with Gasteiger partial charge in [0.15, 0.2) is 0 Å². The molecule has 1 aliphatic heterocycles. The molecular weight excluding hydrogens is 371 g/mol. The molecule has 24 heavy (non-hydrogen) atoms. The number of benzene rings is 1. The predicted molar refractivity (Wildman–Crippen MR) is 96.5 cm³/mol. The average molecular weight is 388 g/mol. The van der Waals surface area contributed by atoms with Crippen molar-refractivity contribution in [1.29, 1.82) is 0 Å². The van der Waals surface area contributed by atoms with Crippen LogP contribution in [0.3, 0.4) is 0 Å². The maximum absolute atomic E-state index is 12.9. The number of amides is 2. The van der Waals surface area contributed by atoms with Crippen LogP contribution in [-0.4, -0.2) is 29.8 Å². The highest BCUT2D eigenvalue weighted by Crippen LogP contribution is 2.35. The Morgan fingerprint density at radius 1 is 1.00 bits per heavy atom. The minimum absolute atomic E-state index is 0.0425. The molecule has 2 aliphatic rings. The van der Waals surface area contributed by atoms with E-state index in [9.17, 15) is 9.59 Å². The molecule has 0 saturated heterocycles. The molecule has 7 heteroatoms. The van der Waals surface area contributed by atoms with Crippen LogP contribution in [-0.2, 0) is 9.59 Å². The van der Waals surface area contributed by atoms with Crippen molar-refractivity contribution in [3.63, 3.8) is 0 Å². The molecule has 0 atom stereocenters. The summed E-state index contributed by atoms with van der Waals surface area (Å²) >= 11 is 18.1. The van der Waals surface area contributed by atoms with Crippen LogP contribution < -0.4 is 4.90 Å². The number of nitrogens with zero attached hydrogens (tertiary/aromatic N) is 2. The minimum atomic E-state index is -0.530. The van der Waals surface area contributed by atoms with E-state index in [0.717, 1.165) is 30.6 Å². The van der Waals surface area contributed by atoms with Crippen molar-refractivity contribution in [3.05, 3.63) is 39.0 Å². The first-order valence-electron chi connectivity index (χ1n) is 7.88. The van der Waals surface area contributed by atoms with Gasteiger partial charge in [-0.1, -0.05) is 54.1 Å². The Hall–Kier alpha value is -1.23. The summed E-state index contributed by atoms with van der Waals surface area (Å²) in [5, 5.41) is 0.595. The van der Waals surface area contributed by atoms with E-state index in [0.29, 0.717) is 10.7 Å². The van der Waals surface area contributed by atoms with E-state index in [1.165, 1.54) is 12.5 Å². The number of anilines is 1. The number of carbonyl (C=O) groups excluding carboxylic acids is 2. The summed E-state index contributed by atoms with van der Waals surface area (Å²) in [6.45, 7) is 0. The molecular formula is C17H17Cl3N2O2. The molecule has 3 rings (SSSR count). The van der Waals surface area contributed by atoms with E-state index in [4.69, 9.17) is 34.8 Å². The van der Waals surface area contributed by atoms with Crippen LogP contribution in [0.5, 0.6) is 0 Å². The molecule has 1 aromatic carbocycles. The predicted octanol–water partition coefficient (Wildman–Crippen LogP) is 4.58. The monoisotopic (exact) mass is 386 g/mol. The normalized spacial score (nSPS) is 19.4. The Morgan fingerprint density at radius 3 is 2.29 bits per heavy atom. The van der Waals surface area contributed by atoms with Crippen LogP contribution in [0.1, 0.15) is 32.1 Å². The Labute approximate surface area is 155 Å². The van der Waals surface area contributed by atoms with Gasteiger partial charge in [-0.25, -0.2) is 4.90 Å². The van der Waals surface area contributed by atoms with Gasteiger partial charge in [-0.05, 0) is 31.0 Å². The Kier molecular flexibility index (Phi) is 5.09. The van der Waals surface area contributed by atoms with E-state index in [1.54, 1.807) is 12.1 Å². The first-order chi connectivity index (χ1) is 11.4. The zero-order valence-electron chi connectivity index (χ0n) is 13.2. The molecule has 1 saturated carbocycles. The zero-order chi connectivity index (χ0) is 17.4. The summed E-state index contributed by atoms with van der Waals surface area (Å²) in [6, 6.07) is 4.86. The van der Waals surface area contributed by atoms with Crippen molar-refractivity contribution in [2.45, 2.75) is 38.1 Å². The van der Waals surface area contributed by atoms with Gasteiger partial charge in [0, 0.05) is 13.1 Å². The summed E-state index contributed by atoms with van der Waals surface area (Å²) in [5.41, 5.74) is 0.629. The highest BCUT2D eigenvalue weighted by molar-refractivity contribution is 6.52. The highest BCUT2D eigenvalue weighted by atomic mass is 35.5. The first kappa shape index (κ1) is 17.6. The molecule has 0 radical (unpaired) electrons. The first-order valence-corrected chi connectivity index (χ1v) is 9.01. The van der Waals surface area contributed by atoms with Gasteiger partial charge in [-0.3, -0.25) is 9.59 Å². The number of rotatable bonds is 3. The lowest BCUT2D eigenvalue weighted by Gasteiger charge is -2.33. The van der Waals surface area contributed by atoms with Crippen LogP contribution in [0.2, 0.25) is 10.0 Å². The van der Waals surface area contributed by atoms with Crippen molar-refractivity contribution < 1.29 is 9.59 Å². The second-order valence-corrected chi connectivity index (χ2v) is 7.30. The van der Waals surface area contributed by atoms with Crippen molar-refractivity contribution in [1.82, 2.24) is 4.90 Å². The largest absolute Gasteiger partial charge is 0.366 e. The van der Waals surface area contributed by atoms with Crippen LogP contribution in [0.4, 0.5) is 5.69 Å². The second-order valence-electron chi connectivity index (χ2n) is 6.11. The third-order valence-electron chi connectivity index (χ3n) is 4.64. The zero-order valence-corrected chi connectivity index (χ0v) is 15.5. The van der Waals surface area contributed by atoms with Crippen molar-refractivity contribution in [2.24, 2.45) is 0 Å². The van der Waals surface area contributed by atoms with Gasteiger partial charge in [0.25, 0.3) is 11.8 Å². The second kappa shape index (κ2) is 6.95. The number of halogens is 3. The number of likely N-dealkylation sites (N-methyl/N-ethyl adjacent to an activating group) is 1. The Balaban J connectivity index is 1.90. The van der Waals surface area contributed by atoms with Crippen LogP contribution in [0.25, 0.3) is 0 Å². The van der Waals surface area contributed by atoms with Crippen molar-refractivity contribution in [2.75, 3.05) is 11.9 Å². The summed E-state index contributed by atoms with van der Waals surface area (Å²) < 4.78 is 0. The molecule has 1 heterocycles. The molecule has 0 spiro atoms. The maximum Gasteiger partial charge on any atom is 0.283 e. The van der Waals surface area contributed by atoms with E-state index < -0.39 is 11.8 Å². The molecule has 0 unspecified atom stereocenters. The summed E-state index contributed by atoms with van der Waals surface area (Å²) in [5.74, 6) is -0.950. The lowest BCUT2D eigenvalue weighted by atomic mass is 9.94. The fourth-order valence-electron chi connectivity index (χ4n) is 3.31. The third-order valence-corrected chi connectivity index (χ3v) is 5.72. The number of hydrogen-bond acceptors (Lipinski definition) is 3. The number of carbonyl (C=O) groups is 2.